The number of hydrogen-bond donors (Lipinski definition) is 1. The van der Waals surface area contributed by atoms with E-state index in [0.29, 0.717) is 6.42 Å². The Kier molecular flexibility index (Phi) is 4.51. The molecule has 0 aliphatic heterocycles. The quantitative estimate of drug-likeness (QED) is 0.843. The fraction of sp³-hybridized carbons (Fsp3) is 0.368. The SMILES string of the molecule is CC(C)(C)C(=O)Nc1ccccc1C1(CC#N)C=CCC=C1. The summed E-state index contributed by atoms with van der Waals surface area (Å²) in [5, 5.41) is 12.3. The average molecular weight is 294 g/mol. The summed E-state index contributed by atoms with van der Waals surface area (Å²) in [6.45, 7) is 5.66. The molecular formula is C19H22N2O. The molecule has 1 aromatic rings. The first-order valence-electron chi connectivity index (χ1n) is 7.52. The molecule has 1 aliphatic rings. The Morgan fingerprint density at radius 1 is 1.27 bits per heavy atom. The molecule has 22 heavy (non-hydrogen) atoms. The maximum absolute atomic E-state index is 12.3. The summed E-state index contributed by atoms with van der Waals surface area (Å²) in [6.07, 6.45) is 9.50. The molecule has 1 amide bonds. The van der Waals surface area contributed by atoms with Crippen LogP contribution in [0.3, 0.4) is 0 Å². The molecule has 0 spiro atoms. The number of carbonyl (C=O) groups is 1. The largest absolute Gasteiger partial charge is 0.325 e. The van der Waals surface area contributed by atoms with E-state index in [9.17, 15) is 10.1 Å². The van der Waals surface area contributed by atoms with Crippen molar-refractivity contribution in [2.45, 2.75) is 39.0 Å². The smallest absolute Gasteiger partial charge is 0.229 e. The number of nitrogens with one attached hydrogen (secondary N) is 1. The maximum atomic E-state index is 12.3. The zero-order chi connectivity index (χ0) is 16.2. The molecule has 0 fully saturated rings. The predicted octanol–water partition coefficient (Wildman–Crippen LogP) is 4.34. The van der Waals surface area contributed by atoms with Crippen LogP contribution in [0.4, 0.5) is 5.69 Å². The van der Waals surface area contributed by atoms with Crippen molar-refractivity contribution in [2.75, 3.05) is 5.32 Å². The van der Waals surface area contributed by atoms with E-state index in [2.05, 4.69) is 35.7 Å². The molecule has 0 saturated carbocycles. The van der Waals surface area contributed by atoms with E-state index >= 15 is 0 Å². The van der Waals surface area contributed by atoms with Gasteiger partial charge in [0.25, 0.3) is 0 Å². The Labute approximate surface area is 132 Å². The maximum Gasteiger partial charge on any atom is 0.229 e. The van der Waals surface area contributed by atoms with Crippen LogP contribution in [0.2, 0.25) is 0 Å². The number of benzene rings is 1. The van der Waals surface area contributed by atoms with Gasteiger partial charge in [-0.3, -0.25) is 4.79 Å². The average Bonchev–Trinajstić information content (AvgIpc) is 2.48. The van der Waals surface area contributed by atoms with Crippen LogP contribution in [0.1, 0.15) is 39.2 Å². The van der Waals surface area contributed by atoms with Gasteiger partial charge >= 0.3 is 0 Å². The monoisotopic (exact) mass is 294 g/mol. The number of allylic oxidation sites excluding steroid dienone is 4. The van der Waals surface area contributed by atoms with Crippen molar-refractivity contribution in [3.63, 3.8) is 0 Å². The van der Waals surface area contributed by atoms with Gasteiger partial charge in [-0.05, 0) is 18.1 Å². The standard InChI is InChI=1S/C19H22N2O/c1-18(2,3)17(22)21-16-10-6-5-9-15(16)19(13-14-20)11-7-4-8-12-19/h5-12H,4,13H2,1-3H3,(H,21,22). The first kappa shape index (κ1) is 16.0. The van der Waals surface area contributed by atoms with Crippen LogP contribution in [0.5, 0.6) is 0 Å². The van der Waals surface area contributed by atoms with Crippen LogP contribution in [0.25, 0.3) is 0 Å². The van der Waals surface area contributed by atoms with E-state index in [1.165, 1.54) is 0 Å². The molecule has 1 N–H and O–H groups in total. The van der Waals surface area contributed by atoms with Crippen LogP contribution in [-0.2, 0) is 10.2 Å². The molecule has 3 heteroatoms. The Morgan fingerprint density at radius 2 is 1.91 bits per heavy atom. The Morgan fingerprint density at radius 3 is 2.50 bits per heavy atom. The molecule has 1 aromatic carbocycles. The normalized spacial score (nSPS) is 16.1. The second-order valence-corrected chi connectivity index (χ2v) is 6.67. The third-order valence-electron chi connectivity index (χ3n) is 3.83. The minimum Gasteiger partial charge on any atom is -0.325 e. The lowest BCUT2D eigenvalue weighted by Gasteiger charge is -2.30. The fourth-order valence-corrected chi connectivity index (χ4v) is 2.52. The summed E-state index contributed by atoms with van der Waals surface area (Å²) in [7, 11) is 0. The minimum atomic E-state index is -0.465. The number of para-hydroxylation sites is 1. The summed E-state index contributed by atoms with van der Waals surface area (Å²) in [4.78, 5) is 12.3. The van der Waals surface area contributed by atoms with Crippen LogP contribution in [0.15, 0.2) is 48.6 Å². The van der Waals surface area contributed by atoms with Gasteiger partial charge in [0.05, 0.1) is 12.5 Å². The van der Waals surface area contributed by atoms with Crippen LogP contribution in [-0.4, -0.2) is 5.91 Å². The highest BCUT2D eigenvalue weighted by molar-refractivity contribution is 5.95. The van der Waals surface area contributed by atoms with Crippen molar-refractivity contribution in [3.8, 4) is 6.07 Å². The highest BCUT2D eigenvalue weighted by atomic mass is 16.2. The van der Waals surface area contributed by atoms with Gasteiger partial charge in [-0.25, -0.2) is 0 Å². The van der Waals surface area contributed by atoms with Crippen molar-refractivity contribution in [2.24, 2.45) is 5.41 Å². The number of nitriles is 1. The van der Waals surface area contributed by atoms with Crippen LogP contribution < -0.4 is 5.32 Å². The molecule has 0 bridgehead atoms. The third kappa shape index (κ3) is 3.28. The van der Waals surface area contributed by atoms with Crippen molar-refractivity contribution < 1.29 is 4.79 Å². The van der Waals surface area contributed by atoms with Gasteiger partial charge in [0.2, 0.25) is 5.91 Å². The van der Waals surface area contributed by atoms with E-state index in [0.717, 1.165) is 17.7 Å². The van der Waals surface area contributed by atoms with Gasteiger partial charge in [-0.1, -0.05) is 63.3 Å². The molecule has 3 nitrogen and oxygen atoms in total. The topological polar surface area (TPSA) is 52.9 Å². The number of rotatable bonds is 3. The molecule has 0 atom stereocenters. The molecule has 114 valence electrons. The zero-order valence-corrected chi connectivity index (χ0v) is 13.4. The van der Waals surface area contributed by atoms with Gasteiger partial charge in [0.15, 0.2) is 0 Å². The van der Waals surface area contributed by atoms with Gasteiger partial charge < -0.3 is 5.32 Å². The molecular weight excluding hydrogens is 272 g/mol. The first-order chi connectivity index (χ1) is 10.4. The van der Waals surface area contributed by atoms with Gasteiger partial charge in [-0.2, -0.15) is 5.26 Å². The van der Waals surface area contributed by atoms with Crippen LogP contribution in [0, 0.1) is 16.7 Å². The van der Waals surface area contributed by atoms with Crippen molar-refractivity contribution in [1.82, 2.24) is 0 Å². The Bertz CT molecular complexity index is 645. The van der Waals surface area contributed by atoms with E-state index < -0.39 is 10.8 Å². The number of anilines is 1. The van der Waals surface area contributed by atoms with Crippen molar-refractivity contribution >= 4 is 11.6 Å². The zero-order valence-electron chi connectivity index (χ0n) is 13.4. The molecule has 2 rings (SSSR count). The summed E-state index contributed by atoms with van der Waals surface area (Å²) in [5.74, 6) is -0.0316. The molecule has 0 saturated heterocycles. The summed E-state index contributed by atoms with van der Waals surface area (Å²) < 4.78 is 0. The minimum absolute atomic E-state index is 0.0316. The van der Waals surface area contributed by atoms with Crippen molar-refractivity contribution in [3.05, 3.63) is 54.1 Å². The van der Waals surface area contributed by atoms with Crippen molar-refractivity contribution in [1.29, 1.82) is 5.26 Å². The third-order valence-corrected chi connectivity index (χ3v) is 3.83. The highest BCUT2D eigenvalue weighted by Gasteiger charge is 2.31. The molecule has 0 radical (unpaired) electrons. The summed E-state index contributed by atoms with van der Waals surface area (Å²) in [6, 6.07) is 9.99. The summed E-state index contributed by atoms with van der Waals surface area (Å²) >= 11 is 0. The Balaban J connectivity index is 2.45. The van der Waals surface area contributed by atoms with Gasteiger partial charge in [-0.15, -0.1) is 0 Å². The lowest BCUT2D eigenvalue weighted by Crippen LogP contribution is -2.30. The Hall–Kier alpha value is -2.34. The van der Waals surface area contributed by atoms with Gasteiger partial charge in [0, 0.05) is 16.5 Å². The molecule has 0 unspecified atom stereocenters. The molecule has 1 aliphatic carbocycles. The second kappa shape index (κ2) is 6.19. The summed E-state index contributed by atoms with van der Waals surface area (Å²) in [5.41, 5.74) is 0.804. The van der Waals surface area contributed by atoms with E-state index in [4.69, 9.17) is 0 Å². The lowest BCUT2D eigenvalue weighted by atomic mass is 9.74. The highest BCUT2D eigenvalue weighted by Crippen LogP contribution is 2.38. The number of nitrogens with zero attached hydrogens (tertiary/aromatic N) is 1. The van der Waals surface area contributed by atoms with Crippen LogP contribution >= 0.6 is 0 Å². The lowest BCUT2D eigenvalue weighted by molar-refractivity contribution is -0.123. The molecule has 0 heterocycles. The molecule has 0 aromatic heterocycles. The van der Waals surface area contributed by atoms with E-state index in [1.54, 1.807) is 0 Å². The number of amides is 1. The van der Waals surface area contributed by atoms with E-state index in [1.807, 2.05) is 45.0 Å². The number of hydrogen-bond acceptors (Lipinski definition) is 2. The van der Waals surface area contributed by atoms with Gasteiger partial charge in [0.1, 0.15) is 0 Å². The van der Waals surface area contributed by atoms with E-state index in [-0.39, 0.29) is 5.91 Å². The fourth-order valence-electron chi connectivity index (χ4n) is 2.52. The first-order valence-corrected chi connectivity index (χ1v) is 7.52. The predicted molar refractivity (Wildman–Crippen MR) is 89.3 cm³/mol. The number of carbonyl (C=O) groups excluding carboxylic acids is 1. The second-order valence-electron chi connectivity index (χ2n) is 6.67.